The van der Waals surface area contributed by atoms with E-state index >= 15 is 0 Å². The molecule has 7 aromatic carbocycles. The highest BCUT2D eigenvalue weighted by atomic mass is 16.7. The molecule has 0 aromatic heterocycles. The molecule has 3 aliphatic heterocycles. The van der Waals surface area contributed by atoms with E-state index in [1.54, 1.807) is 7.11 Å². The van der Waals surface area contributed by atoms with Crippen LogP contribution < -0.4 is 0 Å². The fraction of sp³-hybridized carbons (Fsp3) is 0.343. The largest absolute Gasteiger partial charge is 0.374 e. The van der Waals surface area contributed by atoms with Crippen LogP contribution in [0.4, 0.5) is 0 Å². The minimum Gasteiger partial charge on any atom is -0.374 e. The molecule has 0 N–H and O–H groups in total. The molecule has 11 heteroatoms. The monoisotopic (exact) mass is 1050 g/mol. The van der Waals surface area contributed by atoms with E-state index < -0.39 is 61.2 Å². The van der Waals surface area contributed by atoms with Crippen LogP contribution in [0.25, 0.3) is 0 Å². The number of ether oxygens (including phenoxy) is 11. The first-order chi connectivity index (χ1) is 38.6. The Kier molecular flexibility index (Phi) is 20.6. The van der Waals surface area contributed by atoms with Crippen molar-refractivity contribution in [1.82, 2.24) is 0 Å². The van der Waals surface area contributed by atoms with Crippen LogP contribution in [0.1, 0.15) is 51.8 Å². The first kappa shape index (κ1) is 55.2. The second-order valence-corrected chi connectivity index (χ2v) is 20.1. The van der Waals surface area contributed by atoms with Crippen molar-refractivity contribution in [3.8, 4) is 0 Å². The first-order valence-electron chi connectivity index (χ1n) is 27.3. The molecule has 0 amide bonds. The molecular weight excluding hydrogens is 981 g/mol. The molecule has 3 heterocycles. The van der Waals surface area contributed by atoms with Crippen molar-refractivity contribution >= 4 is 0 Å². The van der Waals surface area contributed by atoms with Gasteiger partial charge in [0.15, 0.2) is 6.29 Å². The van der Waals surface area contributed by atoms with E-state index in [2.05, 4.69) is 84.9 Å². The molecule has 0 bridgehead atoms. The molecule has 78 heavy (non-hydrogen) atoms. The van der Waals surface area contributed by atoms with E-state index in [0.717, 1.165) is 38.9 Å². The zero-order valence-corrected chi connectivity index (χ0v) is 44.4. The van der Waals surface area contributed by atoms with Crippen molar-refractivity contribution in [1.29, 1.82) is 0 Å². The van der Waals surface area contributed by atoms with Crippen LogP contribution in [0.3, 0.4) is 0 Å². The standard InChI is InChI=1S/C67H72O11/c1-68-67-66(75-47-55-35-21-8-22-36-55)65(74-46-54-33-19-7-20-34-54)62(71-43-51-27-13-4-14-28-51)59(78-67)40-57-38-37-56(76-57)39-58-61(70-42-50-25-11-3-12-26-50)64(73-45-53-31-17-6-18-32-53)63(72-44-52-29-15-5-16-30-52)60(77-58)48-69-41-49-23-9-2-10-24-49/h2-38,56-67H,39-48H2,1H3/t56-,57+,58+,59+,60+,61-,62+,63+,64+,65-,66+,67-/m0/s1. The molecule has 2 saturated heterocycles. The summed E-state index contributed by atoms with van der Waals surface area (Å²) in [7, 11) is 1.65. The van der Waals surface area contributed by atoms with Gasteiger partial charge in [-0.05, 0) is 38.9 Å². The second kappa shape index (κ2) is 29.2. The maximum Gasteiger partial charge on any atom is 0.186 e. The Balaban J connectivity index is 0.913. The fourth-order valence-corrected chi connectivity index (χ4v) is 10.5. The number of rotatable bonds is 27. The summed E-state index contributed by atoms with van der Waals surface area (Å²) in [6.07, 6.45) is -1.24. The van der Waals surface area contributed by atoms with Crippen LogP contribution in [-0.4, -0.2) is 87.2 Å². The lowest BCUT2D eigenvalue weighted by atomic mass is 9.91. The van der Waals surface area contributed by atoms with Gasteiger partial charge >= 0.3 is 0 Å². The summed E-state index contributed by atoms with van der Waals surface area (Å²) in [6, 6.07) is 71.2. The normalized spacial score (nSPS) is 26.0. The lowest BCUT2D eigenvalue weighted by Crippen LogP contribution is -2.61. The van der Waals surface area contributed by atoms with Gasteiger partial charge in [-0.15, -0.1) is 0 Å². The van der Waals surface area contributed by atoms with Gasteiger partial charge in [0.1, 0.15) is 42.7 Å². The molecule has 0 saturated carbocycles. The second-order valence-electron chi connectivity index (χ2n) is 20.1. The molecule has 0 spiro atoms. The quantitative estimate of drug-likeness (QED) is 0.0460. The lowest BCUT2D eigenvalue weighted by Gasteiger charge is -2.47. The van der Waals surface area contributed by atoms with Crippen LogP contribution in [-0.2, 0) is 98.4 Å². The number of hydrogen-bond donors (Lipinski definition) is 0. The van der Waals surface area contributed by atoms with E-state index in [1.807, 2.05) is 140 Å². The zero-order chi connectivity index (χ0) is 53.0. The molecule has 10 rings (SSSR count). The average molecular weight is 1050 g/mol. The molecule has 7 aromatic rings. The van der Waals surface area contributed by atoms with Gasteiger partial charge in [-0.2, -0.15) is 0 Å². The third-order valence-corrected chi connectivity index (χ3v) is 14.5. The number of hydrogen-bond acceptors (Lipinski definition) is 11. The average Bonchev–Trinajstić information content (AvgIpc) is 4.03. The highest BCUT2D eigenvalue weighted by Gasteiger charge is 2.51. The summed E-state index contributed by atoms with van der Waals surface area (Å²) in [4.78, 5) is 0. The van der Waals surface area contributed by atoms with E-state index in [4.69, 9.17) is 52.1 Å². The van der Waals surface area contributed by atoms with Crippen molar-refractivity contribution in [2.75, 3.05) is 13.7 Å². The first-order valence-corrected chi connectivity index (χ1v) is 27.3. The Bertz CT molecular complexity index is 2780. The van der Waals surface area contributed by atoms with Crippen LogP contribution in [0, 0.1) is 0 Å². The maximum atomic E-state index is 7.26. The predicted molar refractivity (Wildman–Crippen MR) is 298 cm³/mol. The third kappa shape index (κ3) is 15.8. The minimum atomic E-state index is -0.763. The fourth-order valence-electron chi connectivity index (χ4n) is 10.5. The Labute approximate surface area is 459 Å². The predicted octanol–water partition coefficient (Wildman–Crippen LogP) is 12.0. The van der Waals surface area contributed by atoms with Gasteiger partial charge in [-0.1, -0.05) is 224 Å². The summed E-state index contributed by atoms with van der Waals surface area (Å²) in [5.74, 6) is 0. The molecule has 0 aliphatic carbocycles. The Hall–Kier alpha value is -6.16. The van der Waals surface area contributed by atoms with Gasteiger partial charge in [-0.3, -0.25) is 0 Å². The van der Waals surface area contributed by atoms with E-state index in [1.165, 1.54) is 0 Å². The van der Waals surface area contributed by atoms with Crippen molar-refractivity contribution in [3.63, 3.8) is 0 Å². The summed E-state index contributed by atoms with van der Waals surface area (Å²) in [5.41, 5.74) is 7.28. The van der Waals surface area contributed by atoms with Crippen molar-refractivity contribution in [2.45, 2.75) is 133 Å². The third-order valence-electron chi connectivity index (χ3n) is 14.5. The van der Waals surface area contributed by atoms with Gasteiger partial charge in [0, 0.05) is 20.0 Å². The van der Waals surface area contributed by atoms with Crippen LogP contribution in [0.15, 0.2) is 224 Å². The molecule has 3 aliphatic rings. The lowest BCUT2D eigenvalue weighted by molar-refractivity contribution is -0.320. The van der Waals surface area contributed by atoms with Gasteiger partial charge in [0.05, 0.1) is 77.3 Å². The van der Waals surface area contributed by atoms with E-state index in [9.17, 15) is 0 Å². The molecule has 11 nitrogen and oxygen atoms in total. The maximum absolute atomic E-state index is 7.26. The molecule has 0 unspecified atom stereocenters. The highest BCUT2D eigenvalue weighted by molar-refractivity contribution is 5.20. The van der Waals surface area contributed by atoms with Crippen molar-refractivity contribution in [3.05, 3.63) is 263 Å². The minimum absolute atomic E-state index is 0.263. The molecular formula is C67H72O11. The SMILES string of the molecule is CO[C@H]1O[C@H](C[C@H]2C=C[C@@H](C[C@H]3O[C@H](COCc4ccccc4)[C@@H](OCc4ccccc4)[C@H](OCc4ccccc4)[C@H]3OCc3ccccc3)O2)[C@@H](OCc2ccccc2)[C@H](OCc2ccccc2)[C@H]1OCc1ccccc1. The van der Waals surface area contributed by atoms with Crippen LogP contribution in [0.2, 0.25) is 0 Å². The Morgan fingerprint density at radius 1 is 0.295 bits per heavy atom. The van der Waals surface area contributed by atoms with Gasteiger partial charge in [-0.25, -0.2) is 0 Å². The topological polar surface area (TPSA) is 102 Å². The van der Waals surface area contributed by atoms with Crippen LogP contribution >= 0.6 is 0 Å². The van der Waals surface area contributed by atoms with E-state index in [-0.39, 0.29) is 18.8 Å². The number of methoxy groups -OCH3 is 1. The van der Waals surface area contributed by atoms with E-state index in [0.29, 0.717) is 59.1 Å². The summed E-state index contributed by atoms with van der Waals surface area (Å²) in [6.45, 7) is 2.73. The smallest absolute Gasteiger partial charge is 0.186 e. The van der Waals surface area contributed by atoms with Gasteiger partial charge in [0.2, 0.25) is 0 Å². The van der Waals surface area contributed by atoms with Crippen LogP contribution in [0.5, 0.6) is 0 Å². The van der Waals surface area contributed by atoms with Gasteiger partial charge < -0.3 is 52.1 Å². The molecule has 12 atom stereocenters. The molecule has 406 valence electrons. The number of benzene rings is 7. The molecule has 0 radical (unpaired) electrons. The highest BCUT2D eigenvalue weighted by Crippen LogP contribution is 2.37. The van der Waals surface area contributed by atoms with Crippen molar-refractivity contribution in [2.24, 2.45) is 0 Å². The summed E-state index contributed by atoms with van der Waals surface area (Å²) >= 11 is 0. The Morgan fingerprint density at radius 2 is 0.577 bits per heavy atom. The Morgan fingerprint density at radius 3 is 0.923 bits per heavy atom. The van der Waals surface area contributed by atoms with Gasteiger partial charge in [0.25, 0.3) is 0 Å². The summed E-state index contributed by atoms with van der Waals surface area (Å²) in [5, 5.41) is 0. The zero-order valence-electron chi connectivity index (χ0n) is 44.4. The summed E-state index contributed by atoms with van der Waals surface area (Å²) < 4.78 is 75.5. The molecule has 2 fully saturated rings. The van der Waals surface area contributed by atoms with Crippen molar-refractivity contribution < 1.29 is 52.1 Å².